The Kier molecular flexibility index (Phi) is 3.57. The number of piperidine rings is 1. The predicted molar refractivity (Wildman–Crippen MR) is 61.4 cm³/mol. The lowest BCUT2D eigenvalue weighted by Crippen LogP contribution is -2.20. The van der Waals surface area contributed by atoms with E-state index in [1.165, 1.54) is 25.5 Å². The minimum absolute atomic E-state index is 0.285. The first-order valence-electron chi connectivity index (χ1n) is 5.66. The molecule has 0 N–H and O–H groups in total. The van der Waals surface area contributed by atoms with Crippen molar-refractivity contribution in [2.24, 2.45) is 0 Å². The van der Waals surface area contributed by atoms with E-state index in [1.807, 2.05) is 24.3 Å². The summed E-state index contributed by atoms with van der Waals surface area (Å²) in [5, 5.41) is 4.58. The maximum absolute atomic E-state index is 11.3. The minimum atomic E-state index is -0.285. The van der Waals surface area contributed by atoms with Gasteiger partial charge < -0.3 is 4.74 Å². The highest BCUT2D eigenvalue weighted by Gasteiger charge is 2.16. The number of esters is 1. The number of benzene rings is 1. The van der Waals surface area contributed by atoms with Crippen LogP contribution in [-0.4, -0.2) is 19.6 Å². The van der Waals surface area contributed by atoms with Crippen LogP contribution in [0.5, 0.6) is 0 Å². The summed E-state index contributed by atoms with van der Waals surface area (Å²) in [6, 6.07) is 7.90. The van der Waals surface area contributed by atoms with Crippen LogP contribution in [0, 0.1) is 0 Å². The third kappa shape index (κ3) is 2.42. The van der Waals surface area contributed by atoms with Gasteiger partial charge in [-0.1, -0.05) is 18.6 Å². The molecule has 1 radical (unpaired) electrons. The molecule has 0 aromatic heterocycles. The average molecular weight is 218 g/mol. The van der Waals surface area contributed by atoms with Crippen molar-refractivity contribution in [3.05, 3.63) is 35.4 Å². The molecule has 0 spiro atoms. The fourth-order valence-corrected chi connectivity index (χ4v) is 2.02. The molecule has 0 aliphatic carbocycles. The number of hydrogen-bond donors (Lipinski definition) is 0. The number of nitrogens with zero attached hydrogens (tertiary/aromatic N) is 1. The Hall–Kier alpha value is -1.35. The summed E-state index contributed by atoms with van der Waals surface area (Å²) in [6.07, 6.45) is 3.57. The summed E-state index contributed by atoms with van der Waals surface area (Å²) in [5.74, 6) is -0.285. The van der Waals surface area contributed by atoms with Crippen LogP contribution >= 0.6 is 0 Å². The van der Waals surface area contributed by atoms with Gasteiger partial charge in [0.1, 0.15) is 0 Å². The molecule has 0 bridgehead atoms. The highest BCUT2D eigenvalue weighted by Crippen LogP contribution is 2.24. The first-order chi connectivity index (χ1) is 7.81. The van der Waals surface area contributed by atoms with Crippen LogP contribution in [0.3, 0.4) is 0 Å². The highest BCUT2D eigenvalue weighted by molar-refractivity contribution is 5.89. The van der Waals surface area contributed by atoms with E-state index < -0.39 is 0 Å². The van der Waals surface area contributed by atoms with Crippen molar-refractivity contribution < 1.29 is 9.53 Å². The van der Waals surface area contributed by atoms with E-state index in [0.717, 1.165) is 13.0 Å². The third-order valence-corrected chi connectivity index (χ3v) is 2.95. The van der Waals surface area contributed by atoms with Crippen molar-refractivity contribution in [1.82, 2.24) is 5.32 Å². The largest absolute Gasteiger partial charge is 0.465 e. The number of rotatable bonds is 2. The number of ether oxygens (including phenoxy) is 1. The van der Waals surface area contributed by atoms with Gasteiger partial charge in [0.25, 0.3) is 0 Å². The van der Waals surface area contributed by atoms with Crippen LogP contribution in [0.2, 0.25) is 0 Å². The zero-order valence-electron chi connectivity index (χ0n) is 9.48. The first-order valence-corrected chi connectivity index (χ1v) is 5.66. The SMILES string of the molecule is COC(=O)c1ccc(C2CCCC[N]2)cc1. The topological polar surface area (TPSA) is 40.4 Å². The standard InChI is InChI=1S/C13H16NO2/c1-16-13(15)11-7-5-10(6-8-11)12-4-2-3-9-14-12/h5-8,12H,2-4,9H2,1H3. The summed E-state index contributed by atoms with van der Waals surface area (Å²) in [6.45, 7) is 0.962. The van der Waals surface area contributed by atoms with E-state index in [2.05, 4.69) is 10.1 Å². The molecule has 1 aromatic rings. The number of methoxy groups -OCH3 is 1. The molecule has 1 aromatic carbocycles. The Morgan fingerprint density at radius 2 is 2.06 bits per heavy atom. The van der Waals surface area contributed by atoms with Crippen LogP contribution in [0.1, 0.15) is 41.2 Å². The molecule has 1 saturated heterocycles. The molecule has 1 aliphatic rings. The lowest BCUT2D eigenvalue weighted by atomic mass is 9.97. The van der Waals surface area contributed by atoms with Crippen LogP contribution in [0.4, 0.5) is 0 Å². The molecule has 1 fully saturated rings. The van der Waals surface area contributed by atoms with E-state index >= 15 is 0 Å². The van der Waals surface area contributed by atoms with Crippen LogP contribution in [0.25, 0.3) is 0 Å². The molecule has 2 rings (SSSR count). The van der Waals surface area contributed by atoms with Gasteiger partial charge in [-0.05, 0) is 30.5 Å². The summed E-state index contributed by atoms with van der Waals surface area (Å²) >= 11 is 0. The van der Waals surface area contributed by atoms with Gasteiger partial charge in [-0.15, -0.1) is 0 Å². The number of hydrogen-bond acceptors (Lipinski definition) is 2. The van der Waals surface area contributed by atoms with Gasteiger partial charge in [0.2, 0.25) is 0 Å². The third-order valence-electron chi connectivity index (χ3n) is 2.95. The van der Waals surface area contributed by atoms with Gasteiger partial charge in [0.15, 0.2) is 0 Å². The van der Waals surface area contributed by atoms with Gasteiger partial charge in [0.05, 0.1) is 12.7 Å². The molecule has 1 aliphatic heterocycles. The van der Waals surface area contributed by atoms with Crippen molar-refractivity contribution in [1.29, 1.82) is 0 Å². The molecule has 16 heavy (non-hydrogen) atoms. The molecule has 85 valence electrons. The molecular formula is C13H16NO2. The monoisotopic (exact) mass is 218 g/mol. The molecule has 0 saturated carbocycles. The van der Waals surface area contributed by atoms with E-state index in [4.69, 9.17) is 0 Å². The van der Waals surface area contributed by atoms with Crippen LogP contribution in [-0.2, 0) is 4.74 Å². The van der Waals surface area contributed by atoms with Gasteiger partial charge in [0, 0.05) is 12.6 Å². The smallest absolute Gasteiger partial charge is 0.337 e. The zero-order valence-corrected chi connectivity index (χ0v) is 9.48. The average Bonchev–Trinajstić information content (AvgIpc) is 2.39. The second kappa shape index (κ2) is 5.12. The fraction of sp³-hybridized carbons (Fsp3) is 0.462. The lowest BCUT2D eigenvalue weighted by Gasteiger charge is -2.21. The molecule has 1 atom stereocenters. The Labute approximate surface area is 95.8 Å². The molecule has 1 unspecified atom stereocenters. The maximum Gasteiger partial charge on any atom is 0.337 e. The quantitative estimate of drug-likeness (QED) is 0.715. The summed E-state index contributed by atoms with van der Waals surface area (Å²) < 4.78 is 4.66. The van der Waals surface area contributed by atoms with Gasteiger partial charge in [-0.3, -0.25) is 0 Å². The van der Waals surface area contributed by atoms with Crippen LogP contribution in [0.15, 0.2) is 24.3 Å². The first kappa shape index (κ1) is 11.1. The van der Waals surface area contributed by atoms with Gasteiger partial charge >= 0.3 is 5.97 Å². The maximum atomic E-state index is 11.3. The van der Waals surface area contributed by atoms with Crippen molar-refractivity contribution in [2.45, 2.75) is 25.3 Å². The summed E-state index contributed by atoms with van der Waals surface area (Å²) in [4.78, 5) is 11.3. The van der Waals surface area contributed by atoms with E-state index in [1.54, 1.807) is 0 Å². The number of carbonyl (C=O) groups is 1. The van der Waals surface area contributed by atoms with Gasteiger partial charge in [-0.2, -0.15) is 0 Å². The number of carbonyl (C=O) groups excluding carboxylic acids is 1. The highest BCUT2D eigenvalue weighted by atomic mass is 16.5. The zero-order chi connectivity index (χ0) is 11.4. The normalized spacial score (nSPS) is 20.4. The molecule has 0 amide bonds. The van der Waals surface area contributed by atoms with Crippen molar-refractivity contribution in [3.8, 4) is 0 Å². The van der Waals surface area contributed by atoms with Crippen LogP contribution < -0.4 is 5.32 Å². The van der Waals surface area contributed by atoms with Gasteiger partial charge in [-0.25, -0.2) is 10.1 Å². The van der Waals surface area contributed by atoms with E-state index in [-0.39, 0.29) is 5.97 Å². The molecule has 3 nitrogen and oxygen atoms in total. The Bertz CT molecular complexity index is 353. The Morgan fingerprint density at radius 3 is 2.62 bits per heavy atom. The molecular weight excluding hydrogens is 202 g/mol. The van der Waals surface area contributed by atoms with E-state index in [0.29, 0.717) is 11.6 Å². The Balaban J connectivity index is 2.09. The van der Waals surface area contributed by atoms with Crippen molar-refractivity contribution in [2.75, 3.05) is 13.7 Å². The fourth-order valence-electron chi connectivity index (χ4n) is 2.02. The summed E-state index contributed by atoms with van der Waals surface area (Å²) in [7, 11) is 1.40. The molecule has 1 heterocycles. The van der Waals surface area contributed by atoms with Crippen molar-refractivity contribution >= 4 is 5.97 Å². The summed E-state index contributed by atoms with van der Waals surface area (Å²) in [5.41, 5.74) is 1.80. The van der Waals surface area contributed by atoms with Crippen molar-refractivity contribution in [3.63, 3.8) is 0 Å². The molecule has 3 heteroatoms. The minimum Gasteiger partial charge on any atom is -0.465 e. The second-order valence-electron chi connectivity index (χ2n) is 4.03. The lowest BCUT2D eigenvalue weighted by molar-refractivity contribution is 0.0600. The predicted octanol–water partition coefficient (Wildman–Crippen LogP) is 2.30. The van der Waals surface area contributed by atoms with E-state index in [9.17, 15) is 4.79 Å². The Morgan fingerprint density at radius 1 is 1.31 bits per heavy atom. The second-order valence-corrected chi connectivity index (χ2v) is 4.03.